The molecule has 0 radical (unpaired) electrons. The number of amidine groups is 1. The molecule has 2 heterocycles. The number of carbonyl (C=O) groups excluding carboxylic acids is 1. The Morgan fingerprint density at radius 2 is 2.14 bits per heavy atom. The molecule has 0 unspecified atom stereocenters. The lowest BCUT2D eigenvalue weighted by molar-refractivity contribution is 0.102. The van der Waals surface area contributed by atoms with Crippen molar-refractivity contribution in [1.82, 2.24) is 19.7 Å². The maximum absolute atomic E-state index is 12.6. The highest BCUT2D eigenvalue weighted by Gasteiger charge is 2.19. The molecule has 150 valence electrons. The number of hydrogen-bond donors (Lipinski definition) is 3. The first-order valence-electron chi connectivity index (χ1n) is 8.67. The molecule has 2 aromatic rings. The van der Waals surface area contributed by atoms with Crippen molar-refractivity contribution in [2.75, 3.05) is 26.1 Å². The van der Waals surface area contributed by atoms with Gasteiger partial charge in [-0.3, -0.25) is 20.3 Å². The summed E-state index contributed by atoms with van der Waals surface area (Å²) in [6.07, 6.45) is 2.66. The number of methoxy groups -OCH3 is 2. The fourth-order valence-electron chi connectivity index (χ4n) is 2.43. The van der Waals surface area contributed by atoms with E-state index in [4.69, 9.17) is 20.3 Å². The molecule has 0 saturated carbocycles. The van der Waals surface area contributed by atoms with Crippen molar-refractivity contribution in [3.63, 3.8) is 0 Å². The van der Waals surface area contributed by atoms with Gasteiger partial charge in [-0.2, -0.15) is 0 Å². The van der Waals surface area contributed by atoms with Crippen molar-refractivity contribution in [1.29, 1.82) is 10.8 Å². The van der Waals surface area contributed by atoms with E-state index in [9.17, 15) is 4.79 Å². The lowest BCUT2D eigenvalue weighted by Crippen LogP contribution is -2.36. The Morgan fingerprint density at radius 1 is 1.39 bits per heavy atom. The van der Waals surface area contributed by atoms with Crippen LogP contribution in [0.3, 0.4) is 0 Å². The Balaban J connectivity index is 2.20. The summed E-state index contributed by atoms with van der Waals surface area (Å²) in [5.41, 5.74) is 0.613. The van der Waals surface area contributed by atoms with Crippen LogP contribution in [-0.4, -0.2) is 64.6 Å². The number of pyridine rings is 1. The van der Waals surface area contributed by atoms with Crippen LogP contribution in [0.2, 0.25) is 0 Å². The van der Waals surface area contributed by atoms with Crippen LogP contribution in [0, 0.1) is 10.8 Å². The van der Waals surface area contributed by atoms with E-state index in [0.717, 1.165) is 6.34 Å². The van der Waals surface area contributed by atoms with Crippen molar-refractivity contribution in [3.8, 4) is 5.88 Å². The van der Waals surface area contributed by atoms with Crippen LogP contribution in [-0.2, 0) is 11.3 Å². The smallest absolute Gasteiger partial charge is 0.263 e. The molecule has 0 aliphatic heterocycles. The van der Waals surface area contributed by atoms with E-state index in [0.29, 0.717) is 18.8 Å². The molecule has 0 aliphatic rings. The van der Waals surface area contributed by atoms with Crippen LogP contribution in [0.4, 0.5) is 5.82 Å². The summed E-state index contributed by atoms with van der Waals surface area (Å²) in [4.78, 5) is 18.4. The Labute approximate surface area is 163 Å². The maximum Gasteiger partial charge on any atom is 0.263 e. The second-order valence-corrected chi connectivity index (χ2v) is 6.15. The van der Waals surface area contributed by atoms with Gasteiger partial charge in [0, 0.05) is 19.3 Å². The first-order chi connectivity index (χ1) is 13.4. The molecule has 28 heavy (non-hydrogen) atoms. The number of aromatic nitrogens is 3. The zero-order chi connectivity index (χ0) is 20.7. The van der Waals surface area contributed by atoms with E-state index < -0.39 is 5.91 Å². The van der Waals surface area contributed by atoms with E-state index in [2.05, 4.69) is 15.4 Å². The SMILES string of the molecule is COCCn1cc(C(=O)Nc2cccc(C(=N)N(C=N)C(C)C)n2)c(OC)n1. The molecule has 3 N–H and O–H groups in total. The standard InChI is InChI=1S/C18H25N7O3/c1-12(2)25(11-19)16(20)14-6-5-7-15(21-14)22-17(26)13-10-24(8-9-27-3)23-18(13)28-4/h5-7,10-12,19-20H,8-9H2,1-4H3,(H,21,22,26). The van der Waals surface area contributed by atoms with Crippen LogP contribution < -0.4 is 10.1 Å². The summed E-state index contributed by atoms with van der Waals surface area (Å²) in [5.74, 6) is 0.135. The molecule has 1 amide bonds. The minimum Gasteiger partial charge on any atom is -0.479 e. The number of ether oxygens (including phenoxy) is 2. The van der Waals surface area contributed by atoms with Crippen molar-refractivity contribution in [2.45, 2.75) is 26.4 Å². The molecule has 0 aromatic carbocycles. The number of nitrogens with one attached hydrogen (secondary N) is 3. The second-order valence-electron chi connectivity index (χ2n) is 6.15. The molecule has 0 spiro atoms. The molecule has 2 rings (SSSR count). The Morgan fingerprint density at radius 3 is 2.75 bits per heavy atom. The predicted octanol–water partition coefficient (Wildman–Crippen LogP) is 1.83. The molecule has 0 atom stereocenters. The highest BCUT2D eigenvalue weighted by molar-refractivity contribution is 6.06. The zero-order valence-electron chi connectivity index (χ0n) is 16.4. The third-order valence-corrected chi connectivity index (χ3v) is 3.88. The summed E-state index contributed by atoms with van der Waals surface area (Å²) in [6.45, 7) is 4.69. The molecule has 10 nitrogen and oxygen atoms in total. The molecular weight excluding hydrogens is 362 g/mol. The maximum atomic E-state index is 12.6. The first kappa shape index (κ1) is 21.0. The molecule has 2 aromatic heterocycles. The quantitative estimate of drug-likeness (QED) is 0.445. The van der Waals surface area contributed by atoms with Crippen molar-refractivity contribution >= 4 is 23.9 Å². The molecular formula is C18H25N7O3. The van der Waals surface area contributed by atoms with E-state index in [1.165, 1.54) is 12.0 Å². The van der Waals surface area contributed by atoms with Crippen LogP contribution in [0.5, 0.6) is 5.88 Å². The van der Waals surface area contributed by atoms with Gasteiger partial charge in [-0.1, -0.05) is 6.07 Å². The zero-order valence-corrected chi connectivity index (χ0v) is 16.4. The summed E-state index contributed by atoms with van der Waals surface area (Å²) in [5, 5.41) is 22.6. The van der Waals surface area contributed by atoms with Gasteiger partial charge in [-0.25, -0.2) is 4.98 Å². The van der Waals surface area contributed by atoms with Crippen molar-refractivity contribution < 1.29 is 14.3 Å². The number of anilines is 1. The van der Waals surface area contributed by atoms with Gasteiger partial charge in [0.15, 0.2) is 5.84 Å². The average molecular weight is 387 g/mol. The van der Waals surface area contributed by atoms with E-state index in [1.54, 1.807) is 36.2 Å². The summed E-state index contributed by atoms with van der Waals surface area (Å²) in [6, 6.07) is 4.90. The summed E-state index contributed by atoms with van der Waals surface area (Å²) >= 11 is 0. The molecule has 0 fully saturated rings. The molecule has 10 heteroatoms. The Hall–Kier alpha value is -3.27. The van der Waals surface area contributed by atoms with E-state index in [-0.39, 0.29) is 29.1 Å². The van der Waals surface area contributed by atoms with Gasteiger partial charge in [0.2, 0.25) is 5.88 Å². The van der Waals surface area contributed by atoms with Gasteiger partial charge >= 0.3 is 0 Å². The molecule has 0 aliphatic carbocycles. The van der Waals surface area contributed by atoms with Crippen LogP contribution in [0.15, 0.2) is 24.4 Å². The van der Waals surface area contributed by atoms with Crippen LogP contribution >= 0.6 is 0 Å². The molecule has 0 saturated heterocycles. The minimum atomic E-state index is -0.426. The predicted molar refractivity (Wildman–Crippen MR) is 105 cm³/mol. The third-order valence-electron chi connectivity index (χ3n) is 3.88. The summed E-state index contributed by atoms with van der Waals surface area (Å²) in [7, 11) is 3.03. The highest BCUT2D eigenvalue weighted by atomic mass is 16.5. The largest absolute Gasteiger partial charge is 0.479 e. The van der Waals surface area contributed by atoms with E-state index in [1.807, 2.05) is 13.8 Å². The van der Waals surface area contributed by atoms with Crippen LogP contribution in [0.1, 0.15) is 29.9 Å². The van der Waals surface area contributed by atoms with Crippen molar-refractivity contribution in [2.24, 2.45) is 0 Å². The van der Waals surface area contributed by atoms with Gasteiger partial charge in [0.25, 0.3) is 5.91 Å². The normalized spacial score (nSPS) is 10.6. The minimum absolute atomic E-state index is 0.0627. The van der Waals surface area contributed by atoms with Gasteiger partial charge < -0.3 is 19.7 Å². The number of nitrogens with zero attached hydrogens (tertiary/aromatic N) is 4. The number of carbonyl (C=O) groups is 1. The van der Waals surface area contributed by atoms with Gasteiger partial charge in [-0.15, -0.1) is 5.10 Å². The number of hydrogen-bond acceptors (Lipinski definition) is 7. The van der Waals surface area contributed by atoms with E-state index >= 15 is 0 Å². The fourth-order valence-corrected chi connectivity index (χ4v) is 2.43. The lowest BCUT2D eigenvalue weighted by Gasteiger charge is -2.23. The van der Waals surface area contributed by atoms with Crippen molar-refractivity contribution in [3.05, 3.63) is 35.7 Å². The monoisotopic (exact) mass is 387 g/mol. The highest BCUT2D eigenvalue weighted by Crippen LogP contribution is 2.18. The average Bonchev–Trinajstić information content (AvgIpc) is 3.10. The summed E-state index contributed by atoms with van der Waals surface area (Å²) < 4.78 is 11.8. The number of rotatable bonds is 9. The molecule has 0 bridgehead atoms. The Bertz CT molecular complexity index is 847. The van der Waals surface area contributed by atoms with Gasteiger partial charge in [0.05, 0.1) is 26.6 Å². The first-order valence-corrected chi connectivity index (χ1v) is 8.67. The lowest BCUT2D eigenvalue weighted by atomic mass is 10.2. The number of amides is 1. The second kappa shape index (κ2) is 9.60. The fraction of sp³-hybridized carbons (Fsp3) is 0.389. The topological polar surface area (TPSA) is 129 Å². The van der Waals surface area contributed by atoms with Crippen LogP contribution in [0.25, 0.3) is 0 Å². The Kier molecular flexibility index (Phi) is 7.21. The van der Waals surface area contributed by atoms with Gasteiger partial charge in [0.1, 0.15) is 17.1 Å². The third kappa shape index (κ3) is 4.92. The van der Waals surface area contributed by atoms with Gasteiger partial charge in [-0.05, 0) is 26.0 Å².